The van der Waals surface area contributed by atoms with E-state index in [4.69, 9.17) is 9.47 Å². The summed E-state index contributed by atoms with van der Waals surface area (Å²) in [6, 6.07) is 19.3. The van der Waals surface area contributed by atoms with Crippen LogP contribution in [0.5, 0.6) is 11.5 Å². The third-order valence-corrected chi connectivity index (χ3v) is 8.64. The molecule has 3 aromatic rings. The average molecular weight is 582 g/mol. The molecule has 41 heavy (non-hydrogen) atoms. The quantitative estimate of drug-likeness (QED) is 0.318. The van der Waals surface area contributed by atoms with Crippen molar-refractivity contribution in [2.75, 3.05) is 25.1 Å². The fourth-order valence-electron chi connectivity index (χ4n) is 4.24. The number of anilines is 1. The molecular weight excluding hydrogens is 542 g/mol. The normalized spacial score (nSPS) is 12.6. The summed E-state index contributed by atoms with van der Waals surface area (Å²) < 4.78 is 39.9. The number of hydrogen-bond donors (Lipinski definition) is 1. The van der Waals surface area contributed by atoms with Crippen LogP contribution in [0.15, 0.2) is 77.7 Å². The van der Waals surface area contributed by atoms with Crippen LogP contribution in [0.3, 0.4) is 0 Å². The van der Waals surface area contributed by atoms with E-state index in [9.17, 15) is 18.0 Å². The number of nitrogens with zero attached hydrogens (tertiary/aromatic N) is 2. The summed E-state index contributed by atoms with van der Waals surface area (Å²) in [6.07, 6.45) is 0.721. The van der Waals surface area contributed by atoms with Crippen LogP contribution < -0.4 is 19.1 Å². The van der Waals surface area contributed by atoms with E-state index in [2.05, 4.69) is 5.32 Å². The minimum absolute atomic E-state index is 0.0262. The number of aryl methyl sites for hydroxylation is 1. The first-order valence-corrected chi connectivity index (χ1v) is 14.9. The average Bonchev–Trinajstić information content (AvgIpc) is 2.98. The second-order valence-electron chi connectivity index (χ2n) is 9.87. The van der Waals surface area contributed by atoms with Crippen LogP contribution in [0.2, 0.25) is 0 Å². The highest BCUT2D eigenvalue weighted by molar-refractivity contribution is 7.92. The Morgan fingerprint density at radius 2 is 1.63 bits per heavy atom. The molecule has 0 bridgehead atoms. The van der Waals surface area contributed by atoms with E-state index < -0.39 is 28.5 Å². The molecular formula is C31H39N3O6S. The van der Waals surface area contributed by atoms with E-state index in [1.807, 2.05) is 26.8 Å². The summed E-state index contributed by atoms with van der Waals surface area (Å²) in [6.45, 7) is 6.82. The predicted molar refractivity (Wildman–Crippen MR) is 160 cm³/mol. The minimum atomic E-state index is -4.20. The van der Waals surface area contributed by atoms with Gasteiger partial charge in [-0.1, -0.05) is 43.3 Å². The molecule has 0 fully saturated rings. The van der Waals surface area contributed by atoms with Crippen molar-refractivity contribution >= 4 is 27.5 Å². The smallest absolute Gasteiger partial charge is 0.264 e. The number of carbonyl (C=O) groups is 2. The molecule has 9 nitrogen and oxygen atoms in total. The van der Waals surface area contributed by atoms with Crippen LogP contribution in [-0.2, 0) is 26.2 Å². The topological polar surface area (TPSA) is 105 Å². The van der Waals surface area contributed by atoms with Gasteiger partial charge in [0, 0.05) is 12.6 Å². The number of methoxy groups -OCH3 is 2. The van der Waals surface area contributed by atoms with Gasteiger partial charge < -0.3 is 19.7 Å². The van der Waals surface area contributed by atoms with Gasteiger partial charge in [0.15, 0.2) is 0 Å². The monoisotopic (exact) mass is 581 g/mol. The van der Waals surface area contributed by atoms with Crippen molar-refractivity contribution in [2.45, 2.75) is 57.6 Å². The maximum Gasteiger partial charge on any atom is 0.264 e. The van der Waals surface area contributed by atoms with Gasteiger partial charge in [0.2, 0.25) is 11.8 Å². The van der Waals surface area contributed by atoms with Gasteiger partial charge in [-0.2, -0.15) is 0 Å². The number of carbonyl (C=O) groups excluding carboxylic acids is 2. The van der Waals surface area contributed by atoms with Crippen LogP contribution >= 0.6 is 0 Å². The number of hydrogen-bond acceptors (Lipinski definition) is 6. The van der Waals surface area contributed by atoms with Crippen molar-refractivity contribution in [3.8, 4) is 11.5 Å². The molecule has 2 atom stereocenters. The largest absolute Gasteiger partial charge is 0.497 e. The summed E-state index contributed by atoms with van der Waals surface area (Å²) >= 11 is 0. The molecule has 0 aliphatic heterocycles. The van der Waals surface area contributed by atoms with E-state index in [1.165, 1.54) is 24.1 Å². The van der Waals surface area contributed by atoms with E-state index in [1.54, 1.807) is 68.6 Å². The maximum absolute atomic E-state index is 14.1. The summed E-state index contributed by atoms with van der Waals surface area (Å²) in [5.74, 6) is 0.0121. The van der Waals surface area contributed by atoms with Crippen LogP contribution in [-0.4, -0.2) is 58.0 Å². The SMILES string of the molecule is CC[C@@H](C)NC(=O)[C@@H](C)N(Cc1cccc(OC)c1)C(=O)CN(c1cc(C)ccc1OC)S(=O)(=O)c1ccccc1. The van der Waals surface area contributed by atoms with Crippen LogP contribution in [0, 0.1) is 6.92 Å². The lowest BCUT2D eigenvalue weighted by molar-refractivity contribution is -0.139. The highest BCUT2D eigenvalue weighted by atomic mass is 32.2. The maximum atomic E-state index is 14.1. The predicted octanol–water partition coefficient (Wildman–Crippen LogP) is 4.54. The molecule has 0 aliphatic carbocycles. The molecule has 10 heteroatoms. The van der Waals surface area contributed by atoms with E-state index >= 15 is 0 Å². The Kier molecular flexibility index (Phi) is 10.8. The molecule has 0 saturated carbocycles. The zero-order chi connectivity index (χ0) is 30.2. The molecule has 1 N–H and O–H groups in total. The van der Waals surface area contributed by atoms with Gasteiger partial charge in [-0.25, -0.2) is 8.42 Å². The summed E-state index contributed by atoms with van der Waals surface area (Å²) in [5.41, 5.74) is 1.74. The molecule has 3 rings (SSSR count). The van der Waals surface area contributed by atoms with Crippen LogP contribution in [0.4, 0.5) is 5.69 Å². The third-order valence-electron chi connectivity index (χ3n) is 6.87. The number of ether oxygens (including phenoxy) is 2. The van der Waals surface area contributed by atoms with Crippen LogP contribution in [0.25, 0.3) is 0 Å². The highest BCUT2D eigenvalue weighted by Crippen LogP contribution is 2.33. The van der Waals surface area contributed by atoms with Gasteiger partial charge >= 0.3 is 0 Å². The Hall–Kier alpha value is -4.05. The standard InChI is InChI=1S/C31H39N3O6S/c1-7-23(3)32-31(36)24(4)33(20-25-12-11-13-26(19-25)39-5)30(35)21-34(28-18-22(2)16-17-29(28)40-6)41(37,38)27-14-9-8-10-15-27/h8-19,23-24H,7,20-21H2,1-6H3,(H,32,36)/t23-,24-/m1/s1. The first-order valence-electron chi connectivity index (χ1n) is 13.5. The molecule has 220 valence electrons. The Balaban J connectivity index is 2.09. The van der Waals surface area contributed by atoms with Crippen molar-refractivity contribution in [1.82, 2.24) is 10.2 Å². The van der Waals surface area contributed by atoms with Crippen molar-refractivity contribution in [1.29, 1.82) is 0 Å². The molecule has 0 unspecified atom stereocenters. The van der Waals surface area contributed by atoms with Gasteiger partial charge in [-0.15, -0.1) is 0 Å². The minimum Gasteiger partial charge on any atom is -0.497 e. The first kappa shape index (κ1) is 31.5. The van der Waals surface area contributed by atoms with Gasteiger partial charge in [-0.3, -0.25) is 13.9 Å². The fourth-order valence-corrected chi connectivity index (χ4v) is 5.68. The third kappa shape index (κ3) is 7.79. The molecule has 0 saturated heterocycles. The summed E-state index contributed by atoms with van der Waals surface area (Å²) in [5, 5.41) is 2.93. The Labute approximate surface area is 243 Å². The lowest BCUT2D eigenvalue weighted by atomic mass is 10.1. The Morgan fingerprint density at radius 3 is 2.27 bits per heavy atom. The molecule has 0 aromatic heterocycles. The van der Waals surface area contributed by atoms with Crippen molar-refractivity contribution in [3.05, 3.63) is 83.9 Å². The second-order valence-corrected chi connectivity index (χ2v) is 11.7. The van der Waals surface area contributed by atoms with Gasteiger partial charge in [-0.05, 0) is 74.7 Å². The van der Waals surface area contributed by atoms with Crippen molar-refractivity contribution in [2.24, 2.45) is 0 Å². The first-order chi connectivity index (χ1) is 19.5. The number of benzene rings is 3. The van der Waals surface area contributed by atoms with Gasteiger partial charge in [0.1, 0.15) is 24.1 Å². The van der Waals surface area contributed by atoms with E-state index in [0.717, 1.165) is 21.9 Å². The molecule has 0 radical (unpaired) electrons. The zero-order valence-electron chi connectivity index (χ0n) is 24.5. The van der Waals surface area contributed by atoms with Crippen LogP contribution in [0.1, 0.15) is 38.3 Å². The van der Waals surface area contributed by atoms with Crippen molar-refractivity contribution in [3.63, 3.8) is 0 Å². The second kappa shape index (κ2) is 14.0. The van der Waals surface area contributed by atoms with E-state index in [0.29, 0.717) is 11.5 Å². The summed E-state index contributed by atoms with van der Waals surface area (Å²) in [4.78, 5) is 28.7. The number of amides is 2. The zero-order valence-corrected chi connectivity index (χ0v) is 25.3. The fraction of sp³-hybridized carbons (Fsp3) is 0.355. The van der Waals surface area contributed by atoms with Crippen molar-refractivity contribution < 1.29 is 27.5 Å². The number of nitrogens with one attached hydrogen (secondary N) is 1. The molecule has 3 aromatic carbocycles. The Morgan fingerprint density at radius 1 is 0.927 bits per heavy atom. The van der Waals surface area contributed by atoms with Gasteiger partial charge in [0.25, 0.3) is 10.0 Å². The number of rotatable bonds is 13. The molecule has 0 aliphatic rings. The summed E-state index contributed by atoms with van der Waals surface area (Å²) in [7, 11) is -1.21. The molecule has 2 amide bonds. The lowest BCUT2D eigenvalue weighted by Gasteiger charge is -2.33. The Bertz CT molecular complexity index is 1450. The van der Waals surface area contributed by atoms with E-state index in [-0.39, 0.29) is 29.1 Å². The van der Waals surface area contributed by atoms with Gasteiger partial charge in [0.05, 0.1) is 24.8 Å². The molecule has 0 spiro atoms. The highest BCUT2D eigenvalue weighted by Gasteiger charge is 2.34. The lowest BCUT2D eigenvalue weighted by Crippen LogP contribution is -2.52. The number of sulfonamides is 1. The molecule has 0 heterocycles.